The molecule has 0 fully saturated rings. The quantitative estimate of drug-likeness (QED) is 0.741. The van der Waals surface area contributed by atoms with Crippen LogP contribution in [0.5, 0.6) is 11.5 Å². The van der Waals surface area contributed by atoms with E-state index in [1.807, 2.05) is 6.07 Å². The molecule has 0 aliphatic heterocycles. The minimum Gasteiger partial charge on any atom is -0.504 e. The molecular weight excluding hydrogens is 256 g/mol. The molecule has 100 valence electrons. The van der Waals surface area contributed by atoms with Gasteiger partial charge in [0.05, 0.1) is 17.2 Å². The van der Waals surface area contributed by atoms with Gasteiger partial charge in [-0.25, -0.2) is 0 Å². The van der Waals surface area contributed by atoms with Crippen molar-refractivity contribution in [1.82, 2.24) is 5.32 Å². The average molecular weight is 268 g/mol. The summed E-state index contributed by atoms with van der Waals surface area (Å²) in [5.41, 5.74) is 1.39. The van der Waals surface area contributed by atoms with Crippen LogP contribution in [0.15, 0.2) is 42.5 Å². The van der Waals surface area contributed by atoms with Crippen LogP contribution < -0.4 is 5.32 Å². The zero-order chi connectivity index (χ0) is 14.5. The average Bonchev–Trinajstić information content (AvgIpc) is 2.48. The number of nitriles is 1. The molecule has 1 amide bonds. The standard InChI is InChI=1S/C15H12N2O3/c16-8-10-4-6-11(7-5-10)9-17-15(20)12-2-1-3-13(18)14(12)19/h1-7,18-19H,9H2,(H,17,20). The number of carbonyl (C=O) groups is 1. The first-order chi connectivity index (χ1) is 9.61. The number of amides is 1. The fourth-order valence-corrected chi connectivity index (χ4v) is 1.69. The highest BCUT2D eigenvalue weighted by molar-refractivity contribution is 5.97. The molecular formula is C15H12N2O3. The fraction of sp³-hybridized carbons (Fsp3) is 0.0667. The zero-order valence-corrected chi connectivity index (χ0v) is 10.5. The van der Waals surface area contributed by atoms with E-state index in [9.17, 15) is 15.0 Å². The molecule has 0 aromatic heterocycles. The number of hydrogen-bond donors (Lipinski definition) is 3. The van der Waals surface area contributed by atoms with Gasteiger partial charge in [0.15, 0.2) is 11.5 Å². The molecule has 0 spiro atoms. The normalized spacial score (nSPS) is 9.75. The largest absolute Gasteiger partial charge is 0.504 e. The highest BCUT2D eigenvalue weighted by Gasteiger charge is 2.13. The SMILES string of the molecule is N#Cc1ccc(CNC(=O)c2cccc(O)c2O)cc1. The Morgan fingerprint density at radius 1 is 1.15 bits per heavy atom. The number of nitrogens with zero attached hydrogens (tertiary/aromatic N) is 1. The molecule has 2 aromatic rings. The van der Waals surface area contributed by atoms with Crippen molar-refractivity contribution in [2.75, 3.05) is 0 Å². The van der Waals surface area contributed by atoms with Gasteiger partial charge in [-0.15, -0.1) is 0 Å². The Morgan fingerprint density at radius 2 is 1.85 bits per heavy atom. The number of rotatable bonds is 3. The molecule has 5 heteroatoms. The lowest BCUT2D eigenvalue weighted by atomic mass is 10.1. The summed E-state index contributed by atoms with van der Waals surface area (Å²) in [6, 6.07) is 13.0. The molecule has 3 N–H and O–H groups in total. The van der Waals surface area contributed by atoms with Crippen LogP contribution >= 0.6 is 0 Å². The first-order valence-corrected chi connectivity index (χ1v) is 5.90. The van der Waals surface area contributed by atoms with Crippen molar-refractivity contribution in [2.24, 2.45) is 0 Å². The maximum Gasteiger partial charge on any atom is 0.255 e. The lowest BCUT2D eigenvalue weighted by Crippen LogP contribution is -2.22. The number of carbonyl (C=O) groups excluding carboxylic acids is 1. The van der Waals surface area contributed by atoms with Crippen molar-refractivity contribution in [1.29, 1.82) is 5.26 Å². The number of para-hydroxylation sites is 1. The Morgan fingerprint density at radius 3 is 2.50 bits per heavy atom. The van der Waals surface area contributed by atoms with E-state index in [1.54, 1.807) is 24.3 Å². The molecule has 5 nitrogen and oxygen atoms in total. The van der Waals surface area contributed by atoms with E-state index in [2.05, 4.69) is 5.32 Å². The molecule has 0 bridgehead atoms. The van der Waals surface area contributed by atoms with Crippen LogP contribution in [0.1, 0.15) is 21.5 Å². The molecule has 20 heavy (non-hydrogen) atoms. The number of benzene rings is 2. The van der Waals surface area contributed by atoms with Gasteiger partial charge in [0, 0.05) is 6.54 Å². The molecule has 2 aromatic carbocycles. The predicted octanol–water partition coefficient (Wildman–Crippen LogP) is 1.90. The summed E-state index contributed by atoms with van der Waals surface area (Å²) >= 11 is 0. The molecule has 0 radical (unpaired) electrons. The third-order valence-corrected chi connectivity index (χ3v) is 2.80. The molecule has 0 unspecified atom stereocenters. The third-order valence-electron chi connectivity index (χ3n) is 2.80. The van der Waals surface area contributed by atoms with Gasteiger partial charge >= 0.3 is 0 Å². The summed E-state index contributed by atoms with van der Waals surface area (Å²) in [5.74, 6) is -1.26. The zero-order valence-electron chi connectivity index (χ0n) is 10.5. The van der Waals surface area contributed by atoms with E-state index in [0.717, 1.165) is 5.56 Å². The van der Waals surface area contributed by atoms with Crippen molar-refractivity contribution in [3.8, 4) is 17.6 Å². The second-order valence-corrected chi connectivity index (χ2v) is 4.16. The Labute approximate surface area is 115 Å². The van der Waals surface area contributed by atoms with Crippen molar-refractivity contribution < 1.29 is 15.0 Å². The lowest BCUT2D eigenvalue weighted by molar-refractivity contribution is 0.0947. The molecule has 0 saturated carbocycles. The van der Waals surface area contributed by atoms with Crippen LogP contribution in [0.2, 0.25) is 0 Å². The topological polar surface area (TPSA) is 93.4 Å². The highest BCUT2D eigenvalue weighted by Crippen LogP contribution is 2.27. The van der Waals surface area contributed by atoms with Crippen molar-refractivity contribution in [2.45, 2.75) is 6.54 Å². The monoisotopic (exact) mass is 268 g/mol. The number of aromatic hydroxyl groups is 2. The Kier molecular flexibility index (Phi) is 3.87. The van der Waals surface area contributed by atoms with Crippen LogP contribution in [0.4, 0.5) is 0 Å². The van der Waals surface area contributed by atoms with E-state index >= 15 is 0 Å². The Bertz CT molecular complexity index is 673. The second kappa shape index (κ2) is 5.76. The van der Waals surface area contributed by atoms with Gasteiger partial charge in [-0.2, -0.15) is 5.26 Å². The molecule has 2 rings (SSSR count). The molecule has 0 heterocycles. The molecule has 0 atom stereocenters. The van der Waals surface area contributed by atoms with Gasteiger partial charge in [0.1, 0.15) is 0 Å². The maximum absolute atomic E-state index is 11.9. The van der Waals surface area contributed by atoms with Crippen molar-refractivity contribution in [3.05, 3.63) is 59.2 Å². The number of hydrogen-bond acceptors (Lipinski definition) is 4. The van der Waals surface area contributed by atoms with E-state index in [1.165, 1.54) is 18.2 Å². The fourth-order valence-electron chi connectivity index (χ4n) is 1.69. The Balaban J connectivity index is 2.05. The highest BCUT2D eigenvalue weighted by atomic mass is 16.3. The number of phenols is 2. The van der Waals surface area contributed by atoms with Crippen LogP contribution in [-0.4, -0.2) is 16.1 Å². The van der Waals surface area contributed by atoms with E-state index in [-0.39, 0.29) is 17.9 Å². The predicted molar refractivity (Wildman–Crippen MR) is 72.1 cm³/mol. The maximum atomic E-state index is 11.9. The van der Waals surface area contributed by atoms with Crippen LogP contribution in [-0.2, 0) is 6.54 Å². The van der Waals surface area contributed by atoms with Gasteiger partial charge in [0.2, 0.25) is 0 Å². The molecule has 0 aliphatic carbocycles. The summed E-state index contributed by atoms with van der Waals surface area (Å²) < 4.78 is 0. The summed E-state index contributed by atoms with van der Waals surface area (Å²) in [6.45, 7) is 0.264. The van der Waals surface area contributed by atoms with Crippen LogP contribution in [0.3, 0.4) is 0 Å². The van der Waals surface area contributed by atoms with E-state index in [4.69, 9.17) is 5.26 Å². The molecule has 0 aliphatic rings. The third kappa shape index (κ3) is 2.87. The second-order valence-electron chi connectivity index (χ2n) is 4.16. The van der Waals surface area contributed by atoms with E-state index in [0.29, 0.717) is 5.56 Å². The van der Waals surface area contributed by atoms with Gasteiger partial charge in [-0.05, 0) is 29.8 Å². The smallest absolute Gasteiger partial charge is 0.255 e. The number of phenolic OH excluding ortho intramolecular Hbond substituents is 2. The van der Waals surface area contributed by atoms with E-state index < -0.39 is 11.7 Å². The summed E-state index contributed by atoms with van der Waals surface area (Å²) in [6.07, 6.45) is 0. The minimum atomic E-state index is -0.484. The lowest BCUT2D eigenvalue weighted by Gasteiger charge is -2.07. The first-order valence-electron chi connectivity index (χ1n) is 5.90. The summed E-state index contributed by atoms with van der Waals surface area (Å²) in [7, 11) is 0. The summed E-state index contributed by atoms with van der Waals surface area (Å²) in [5, 5.41) is 30.2. The Hall–Kier alpha value is -3.00. The minimum absolute atomic E-state index is 0.0126. The first kappa shape index (κ1) is 13.4. The van der Waals surface area contributed by atoms with Crippen LogP contribution in [0, 0.1) is 11.3 Å². The van der Waals surface area contributed by atoms with Crippen molar-refractivity contribution >= 4 is 5.91 Å². The van der Waals surface area contributed by atoms with Gasteiger partial charge in [-0.3, -0.25) is 4.79 Å². The molecule has 0 saturated heterocycles. The van der Waals surface area contributed by atoms with Gasteiger partial charge in [-0.1, -0.05) is 18.2 Å². The number of nitrogens with one attached hydrogen (secondary N) is 1. The van der Waals surface area contributed by atoms with Crippen molar-refractivity contribution in [3.63, 3.8) is 0 Å². The van der Waals surface area contributed by atoms with Gasteiger partial charge < -0.3 is 15.5 Å². The van der Waals surface area contributed by atoms with Crippen LogP contribution in [0.25, 0.3) is 0 Å². The van der Waals surface area contributed by atoms with Gasteiger partial charge in [0.25, 0.3) is 5.91 Å². The summed E-state index contributed by atoms with van der Waals surface area (Å²) in [4.78, 5) is 11.9.